The predicted octanol–water partition coefficient (Wildman–Crippen LogP) is 17.8. The first-order valence-electron chi connectivity index (χ1n) is 25.3. The maximum absolute atomic E-state index is 12.8. The summed E-state index contributed by atoms with van der Waals surface area (Å²) in [7, 11) is 0. The first kappa shape index (κ1) is 42.7. The number of rotatable bonds is 5. The minimum absolute atomic E-state index is 0.566. The van der Waals surface area contributed by atoms with E-state index in [1.165, 1.54) is 60.5 Å². The fraction of sp³-hybridized carbons (Fsp3) is 0.103. The van der Waals surface area contributed by atoms with Crippen molar-refractivity contribution in [3.8, 4) is 39.9 Å². The molecular formula is C68H51N5. The van der Waals surface area contributed by atoms with Crippen LogP contribution in [0.4, 0.5) is 0 Å². The van der Waals surface area contributed by atoms with Gasteiger partial charge in [-0.25, -0.2) is 0 Å². The number of fused-ring (bicyclic) bond motifs is 12. The lowest BCUT2D eigenvalue weighted by molar-refractivity contribution is 1.04. The second-order valence-corrected chi connectivity index (χ2v) is 20.6. The van der Waals surface area contributed by atoms with Gasteiger partial charge in [0.2, 0.25) is 0 Å². The van der Waals surface area contributed by atoms with Crippen LogP contribution in [0.3, 0.4) is 0 Å². The molecule has 0 aliphatic rings. The maximum atomic E-state index is 12.8. The van der Waals surface area contributed by atoms with Gasteiger partial charge in [0.05, 0.1) is 66.9 Å². The lowest BCUT2D eigenvalue weighted by Crippen LogP contribution is -2.16. The Morgan fingerprint density at radius 1 is 0.274 bits per heavy atom. The van der Waals surface area contributed by atoms with Gasteiger partial charge in [-0.1, -0.05) is 130 Å². The zero-order valence-corrected chi connectivity index (χ0v) is 42.1. The number of hydrogen-bond donors (Lipinski definition) is 0. The van der Waals surface area contributed by atoms with E-state index in [-0.39, 0.29) is 0 Å². The van der Waals surface area contributed by atoms with E-state index in [1.807, 2.05) is 0 Å². The molecule has 0 spiro atoms. The van der Waals surface area contributed by atoms with Crippen molar-refractivity contribution in [2.75, 3.05) is 0 Å². The third-order valence-electron chi connectivity index (χ3n) is 15.5. The molecule has 0 aliphatic heterocycles. The molecule has 348 valence electrons. The Morgan fingerprint density at radius 2 is 0.534 bits per heavy atom. The van der Waals surface area contributed by atoms with E-state index in [2.05, 4.69) is 255 Å². The summed E-state index contributed by atoms with van der Waals surface area (Å²) in [5.74, 6) is 0. The first-order valence-corrected chi connectivity index (χ1v) is 25.3. The SMILES string of the molecule is Cc1ccc2c(c1)c1ccccc1n2-c1c(C#N)c(-n2c3ccc(C)cc3c3cc(C)ccc32)c(-n2c3ccc(C)cc3c3cc(C)ccc32)c(-c2ccccc2)c1-n1c2ccc(C)cc2c2cc(C)ccc21. The van der Waals surface area contributed by atoms with E-state index in [0.717, 1.165) is 99.6 Å². The number of para-hydroxylation sites is 1. The molecule has 0 N–H and O–H groups in total. The van der Waals surface area contributed by atoms with E-state index < -0.39 is 0 Å². The van der Waals surface area contributed by atoms with Crippen molar-refractivity contribution < 1.29 is 0 Å². The van der Waals surface area contributed by atoms with Crippen molar-refractivity contribution in [3.05, 3.63) is 226 Å². The van der Waals surface area contributed by atoms with Gasteiger partial charge in [0.15, 0.2) is 0 Å². The van der Waals surface area contributed by atoms with Gasteiger partial charge in [0.25, 0.3) is 0 Å². The fourth-order valence-corrected chi connectivity index (χ4v) is 12.4. The normalized spacial score (nSPS) is 12.0. The summed E-state index contributed by atoms with van der Waals surface area (Å²) in [5.41, 5.74) is 22.8. The molecule has 10 aromatic carbocycles. The van der Waals surface area contributed by atoms with Crippen molar-refractivity contribution in [1.82, 2.24) is 18.3 Å². The Hall–Kier alpha value is -9.11. The Morgan fingerprint density at radius 3 is 0.849 bits per heavy atom. The van der Waals surface area contributed by atoms with Crippen molar-refractivity contribution >= 4 is 87.2 Å². The van der Waals surface area contributed by atoms with Crippen LogP contribution in [0.5, 0.6) is 0 Å². The Bertz CT molecular complexity index is 4570. The molecule has 5 heteroatoms. The summed E-state index contributed by atoms with van der Waals surface area (Å²) in [6, 6.07) is 70.5. The van der Waals surface area contributed by atoms with Gasteiger partial charge in [-0.2, -0.15) is 5.26 Å². The predicted molar refractivity (Wildman–Crippen MR) is 307 cm³/mol. The van der Waals surface area contributed by atoms with E-state index in [4.69, 9.17) is 0 Å². The van der Waals surface area contributed by atoms with E-state index >= 15 is 0 Å². The zero-order valence-electron chi connectivity index (χ0n) is 42.1. The molecule has 73 heavy (non-hydrogen) atoms. The highest BCUT2D eigenvalue weighted by Crippen LogP contribution is 2.52. The molecule has 0 atom stereocenters. The summed E-state index contributed by atoms with van der Waals surface area (Å²) >= 11 is 0. The van der Waals surface area contributed by atoms with Gasteiger partial charge >= 0.3 is 0 Å². The second kappa shape index (κ2) is 15.7. The minimum atomic E-state index is 0.566. The zero-order chi connectivity index (χ0) is 49.6. The maximum Gasteiger partial charge on any atom is 0.104 e. The summed E-state index contributed by atoms with van der Waals surface area (Å²) in [6.45, 7) is 15.2. The molecule has 5 nitrogen and oxygen atoms in total. The van der Waals surface area contributed by atoms with Crippen LogP contribution >= 0.6 is 0 Å². The molecule has 0 fully saturated rings. The van der Waals surface area contributed by atoms with E-state index in [1.54, 1.807) is 0 Å². The van der Waals surface area contributed by atoms with Crippen molar-refractivity contribution in [2.45, 2.75) is 48.5 Å². The standard InChI is InChI=1S/C68H51N5/c1-39-17-24-57-48(31-39)47-15-11-12-16-56(47)70(57)65-55(38-69)66(71-58-25-18-40(2)32-49(58)50-33-41(3)19-26-59(50)71)68(73-62-29-22-44(6)36-53(62)54-37-45(7)23-30-63(54)73)64(46-13-9-8-10-14-46)67(65)72-60-27-20-42(4)34-51(60)52-35-43(5)21-28-61(52)72/h8-37H,1-7H3. The van der Waals surface area contributed by atoms with Crippen LogP contribution in [0.25, 0.3) is 121 Å². The molecule has 14 rings (SSSR count). The fourth-order valence-electron chi connectivity index (χ4n) is 12.4. The molecule has 0 saturated heterocycles. The third kappa shape index (κ3) is 6.14. The highest BCUT2D eigenvalue weighted by molar-refractivity contribution is 6.17. The van der Waals surface area contributed by atoms with Crippen LogP contribution in [0.1, 0.15) is 44.5 Å². The van der Waals surface area contributed by atoms with Gasteiger partial charge in [0, 0.05) is 48.7 Å². The minimum Gasteiger partial charge on any atom is -0.306 e. The summed E-state index contributed by atoms with van der Waals surface area (Å²) in [4.78, 5) is 0. The molecule has 0 radical (unpaired) electrons. The van der Waals surface area contributed by atoms with Crippen LogP contribution in [-0.4, -0.2) is 18.3 Å². The van der Waals surface area contributed by atoms with Crippen LogP contribution in [0, 0.1) is 59.8 Å². The molecule has 4 aromatic heterocycles. The average Bonchev–Trinajstić information content (AvgIpc) is 4.09. The average molecular weight is 938 g/mol. The van der Waals surface area contributed by atoms with Crippen molar-refractivity contribution in [3.63, 3.8) is 0 Å². The summed E-state index contributed by atoms with van der Waals surface area (Å²) in [5, 5.41) is 22.1. The Balaban J connectivity index is 1.37. The molecule has 14 aromatic rings. The lowest BCUT2D eigenvalue weighted by Gasteiger charge is -2.29. The number of aromatic nitrogens is 4. The van der Waals surface area contributed by atoms with E-state index in [9.17, 15) is 5.26 Å². The van der Waals surface area contributed by atoms with Gasteiger partial charge in [-0.3, -0.25) is 0 Å². The van der Waals surface area contributed by atoms with Gasteiger partial charge < -0.3 is 18.3 Å². The number of hydrogen-bond acceptors (Lipinski definition) is 1. The number of aryl methyl sites for hydroxylation is 7. The molecule has 0 amide bonds. The quantitative estimate of drug-likeness (QED) is 0.170. The van der Waals surface area contributed by atoms with Gasteiger partial charge in [0.1, 0.15) is 11.6 Å². The van der Waals surface area contributed by atoms with Crippen LogP contribution < -0.4 is 0 Å². The number of nitriles is 1. The molecule has 0 aliphatic carbocycles. The van der Waals surface area contributed by atoms with E-state index in [0.29, 0.717) is 5.56 Å². The third-order valence-corrected chi connectivity index (χ3v) is 15.5. The number of nitrogens with zero attached hydrogens (tertiary/aromatic N) is 5. The van der Waals surface area contributed by atoms with Crippen molar-refractivity contribution in [2.24, 2.45) is 0 Å². The highest BCUT2D eigenvalue weighted by Gasteiger charge is 2.35. The molecule has 4 heterocycles. The van der Waals surface area contributed by atoms with Gasteiger partial charge in [-0.15, -0.1) is 0 Å². The number of benzene rings is 10. The smallest absolute Gasteiger partial charge is 0.104 e. The Labute approximate surface area is 423 Å². The molecule has 0 saturated carbocycles. The summed E-state index contributed by atoms with van der Waals surface area (Å²) < 4.78 is 9.82. The van der Waals surface area contributed by atoms with Gasteiger partial charge in [-0.05, 0) is 145 Å². The lowest BCUT2D eigenvalue weighted by atomic mass is 9.93. The Kier molecular flexibility index (Phi) is 9.19. The topological polar surface area (TPSA) is 43.5 Å². The molecular weight excluding hydrogens is 887 g/mol. The second-order valence-electron chi connectivity index (χ2n) is 20.6. The van der Waals surface area contributed by atoms with Crippen LogP contribution in [-0.2, 0) is 0 Å². The largest absolute Gasteiger partial charge is 0.306 e. The monoisotopic (exact) mass is 937 g/mol. The highest BCUT2D eigenvalue weighted by atomic mass is 15.1. The first-order chi connectivity index (χ1) is 35.6. The molecule has 0 unspecified atom stereocenters. The van der Waals surface area contributed by atoms with Crippen molar-refractivity contribution in [1.29, 1.82) is 5.26 Å². The summed E-state index contributed by atoms with van der Waals surface area (Å²) in [6.07, 6.45) is 0. The molecule has 0 bridgehead atoms. The van der Waals surface area contributed by atoms with Crippen LogP contribution in [0.15, 0.2) is 182 Å². The van der Waals surface area contributed by atoms with Crippen LogP contribution in [0.2, 0.25) is 0 Å².